The van der Waals surface area contributed by atoms with Crippen molar-refractivity contribution in [2.75, 3.05) is 0 Å². The Bertz CT molecular complexity index is 754. The molecule has 0 fully saturated rings. The van der Waals surface area contributed by atoms with Crippen molar-refractivity contribution in [1.29, 1.82) is 0 Å². The highest BCUT2D eigenvalue weighted by atomic mass is 35.5. The van der Waals surface area contributed by atoms with Crippen molar-refractivity contribution in [3.8, 4) is 0 Å². The van der Waals surface area contributed by atoms with Crippen LogP contribution in [0.25, 0.3) is 10.1 Å². The molecule has 8 heteroatoms. The summed E-state index contributed by atoms with van der Waals surface area (Å²) in [5.74, 6) is -2.90. The van der Waals surface area contributed by atoms with Crippen molar-refractivity contribution in [1.82, 2.24) is 10.9 Å². The van der Waals surface area contributed by atoms with E-state index in [9.17, 15) is 19.5 Å². The van der Waals surface area contributed by atoms with Gasteiger partial charge in [-0.15, -0.1) is 11.3 Å². The van der Waals surface area contributed by atoms with Gasteiger partial charge in [-0.2, -0.15) is 0 Å². The van der Waals surface area contributed by atoms with Gasteiger partial charge in [0.1, 0.15) is 4.88 Å². The number of carbonyl (C=O) groups is 3. The highest BCUT2D eigenvalue weighted by Gasteiger charge is 2.16. The maximum Gasteiger partial charge on any atom is 0.281 e. The van der Waals surface area contributed by atoms with Crippen molar-refractivity contribution in [2.45, 2.75) is 0 Å². The zero-order valence-electron chi connectivity index (χ0n) is 10.4. The second kappa shape index (κ2) is 6.38. The number of nitrogens with one attached hydrogen (secondary N) is 2. The van der Waals surface area contributed by atoms with Gasteiger partial charge in [0.25, 0.3) is 11.8 Å². The molecule has 2 amide bonds. The molecule has 1 aromatic heterocycles. The summed E-state index contributed by atoms with van der Waals surface area (Å²) in [7, 11) is 0. The van der Waals surface area contributed by atoms with E-state index in [1.807, 2.05) is 17.6 Å². The number of aliphatic carboxylic acids is 1. The fraction of sp³-hybridized carbons (Fsp3) is 0. The maximum absolute atomic E-state index is 11.9. The Kier molecular flexibility index (Phi) is 4.56. The molecule has 0 saturated carbocycles. The summed E-state index contributed by atoms with van der Waals surface area (Å²) in [5.41, 5.74) is 4.19. The van der Waals surface area contributed by atoms with E-state index in [0.717, 1.165) is 16.2 Å². The molecule has 2 aromatic rings. The quantitative estimate of drug-likeness (QED) is 0.639. The number of amides is 2. The molecule has 0 aliphatic rings. The topological polar surface area (TPSA) is 98.3 Å². The van der Waals surface area contributed by atoms with E-state index >= 15 is 0 Å². The Balaban J connectivity index is 2.07. The van der Waals surface area contributed by atoms with Crippen LogP contribution in [0.1, 0.15) is 9.67 Å². The third-order valence-corrected chi connectivity index (χ3v) is 4.09. The Labute approximate surface area is 128 Å². The van der Waals surface area contributed by atoms with E-state index in [1.165, 1.54) is 11.3 Å². The van der Waals surface area contributed by atoms with E-state index in [4.69, 9.17) is 11.6 Å². The molecular formula is C13H8ClN2O4S-. The number of rotatable bonds is 3. The standard InChI is InChI=1S/C13H9ClN2O4S/c14-11-7-3-1-2-4-8(7)21-12(11)13(20)16-15-9(17)5-6-10(18)19/h1-6H,(H,15,17)(H,16,20)(H,18,19)/p-1/b6-5+. The number of halogens is 1. The molecule has 21 heavy (non-hydrogen) atoms. The first-order chi connectivity index (χ1) is 9.99. The van der Waals surface area contributed by atoms with Gasteiger partial charge in [-0.3, -0.25) is 20.4 Å². The van der Waals surface area contributed by atoms with Crippen molar-refractivity contribution in [3.63, 3.8) is 0 Å². The van der Waals surface area contributed by atoms with Gasteiger partial charge >= 0.3 is 0 Å². The van der Waals surface area contributed by atoms with Crippen molar-refractivity contribution in [2.24, 2.45) is 0 Å². The number of carboxylic acids is 1. The number of carboxylic acid groups (broad SMARTS) is 1. The summed E-state index contributed by atoms with van der Waals surface area (Å²) in [4.78, 5) is 33.5. The number of benzene rings is 1. The molecule has 0 bridgehead atoms. The molecule has 0 saturated heterocycles. The summed E-state index contributed by atoms with van der Waals surface area (Å²) >= 11 is 7.29. The van der Waals surface area contributed by atoms with Crippen LogP contribution in [-0.2, 0) is 9.59 Å². The van der Waals surface area contributed by atoms with Crippen LogP contribution in [-0.4, -0.2) is 17.8 Å². The lowest BCUT2D eigenvalue weighted by Crippen LogP contribution is -2.40. The van der Waals surface area contributed by atoms with Crippen molar-refractivity contribution in [3.05, 3.63) is 46.3 Å². The second-order valence-corrected chi connectivity index (χ2v) is 5.27. The molecule has 0 radical (unpaired) electrons. The predicted molar refractivity (Wildman–Crippen MR) is 76.6 cm³/mol. The lowest BCUT2D eigenvalue weighted by Gasteiger charge is -2.03. The lowest BCUT2D eigenvalue weighted by atomic mass is 10.2. The van der Waals surface area contributed by atoms with Crippen LogP contribution in [0.4, 0.5) is 0 Å². The van der Waals surface area contributed by atoms with Crippen molar-refractivity contribution >= 4 is 50.8 Å². The summed E-state index contributed by atoms with van der Waals surface area (Å²) < 4.78 is 0.843. The largest absolute Gasteiger partial charge is 0.545 e. The first kappa shape index (κ1) is 15.0. The molecule has 2 rings (SSSR count). The molecule has 0 aliphatic carbocycles. The number of hydrogen-bond acceptors (Lipinski definition) is 5. The Hall–Kier alpha value is -2.38. The minimum atomic E-state index is -1.51. The van der Waals surface area contributed by atoms with Crippen LogP contribution in [0.3, 0.4) is 0 Å². The van der Waals surface area contributed by atoms with Gasteiger partial charge in [-0.1, -0.05) is 29.8 Å². The number of fused-ring (bicyclic) bond motifs is 1. The normalized spacial score (nSPS) is 10.7. The van der Waals surface area contributed by atoms with Gasteiger partial charge in [-0.25, -0.2) is 0 Å². The average molecular weight is 324 g/mol. The Morgan fingerprint density at radius 2 is 1.86 bits per heavy atom. The van der Waals surface area contributed by atoms with E-state index < -0.39 is 17.8 Å². The summed E-state index contributed by atoms with van der Waals surface area (Å²) in [6.07, 6.45) is 1.27. The summed E-state index contributed by atoms with van der Waals surface area (Å²) in [6.45, 7) is 0. The highest BCUT2D eigenvalue weighted by molar-refractivity contribution is 7.21. The molecule has 1 heterocycles. The van der Waals surface area contributed by atoms with Gasteiger partial charge < -0.3 is 9.90 Å². The zero-order valence-corrected chi connectivity index (χ0v) is 12.0. The highest BCUT2D eigenvalue weighted by Crippen LogP contribution is 2.34. The molecule has 0 spiro atoms. The van der Waals surface area contributed by atoms with E-state index in [-0.39, 0.29) is 4.88 Å². The number of carbonyl (C=O) groups excluding carboxylic acids is 3. The van der Waals surface area contributed by atoms with Crippen LogP contribution >= 0.6 is 22.9 Å². The minimum Gasteiger partial charge on any atom is -0.545 e. The van der Waals surface area contributed by atoms with Gasteiger partial charge in [0.05, 0.1) is 11.0 Å². The van der Waals surface area contributed by atoms with E-state index in [1.54, 1.807) is 12.1 Å². The fourth-order valence-corrected chi connectivity index (χ4v) is 2.93. The van der Waals surface area contributed by atoms with Gasteiger partial charge in [-0.05, 0) is 12.1 Å². The Morgan fingerprint density at radius 3 is 2.52 bits per heavy atom. The van der Waals surface area contributed by atoms with Crippen LogP contribution in [0, 0.1) is 0 Å². The van der Waals surface area contributed by atoms with Crippen LogP contribution in [0.5, 0.6) is 0 Å². The number of thiophene rings is 1. The molecular weight excluding hydrogens is 316 g/mol. The van der Waals surface area contributed by atoms with Crippen LogP contribution in [0.2, 0.25) is 5.02 Å². The van der Waals surface area contributed by atoms with Crippen LogP contribution < -0.4 is 16.0 Å². The SMILES string of the molecule is O=C([O-])/C=C/C(=O)NNC(=O)c1sc2ccccc2c1Cl. The van der Waals surface area contributed by atoms with Gasteiger partial charge in [0, 0.05) is 16.2 Å². The monoisotopic (exact) mass is 323 g/mol. The zero-order chi connectivity index (χ0) is 15.4. The molecule has 0 atom stereocenters. The van der Waals surface area contributed by atoms with Gasteiger partial charge in [0.15, 0.2) is 0 Å². The maximum atomic E-state index is 11.9. The first-order valence-electron chi connectivity index (χ1n) is 5.65. The predicted octanol–water partition coefficient (Wildman–Crippen LogP) is 0.622. The average Bonchev–Trinajstić information content (AvgIpc) is 2.80. The molecule has 1 aromatic carbocycles. The third-order valence-electron chi connectivity index (χ3n) is 2.41. The third kappa shape index (κ3) is 3.59. The summed E-state index contributed by atoms with van der Waals surface area (Å²) in [6, 6.07) is 7.23. The van der Waals surface area contributed by atoms with Gasteiger partial charge in [0.2, 0.25) is 0 Å². The smallest absolute Gasteiger partial charge is 0.281 e. The van der Waals surface area contributed by atoms with E-state index in [0.29, 0.717) is 11.1 Å². The fourth-order valence-electron chi connectivity index (χ4n) is 1.52. The first-order valence-corrected chi connectivity index (χ1v) is 6.85. The molecule has 0 unspecified atom stereocenters. The Morgan fingerprint density at radius 1 is 1.14 bits per heavy atom. The molecule has 2 N–H and O–H groups in total. The van der Waals surface area contributed by atoms with Crippen LogP contribution in [0.15, 0.2) is 36.4 Å². The van der Waals surface area contributed by atoms with E-state index in [2.05, 4.69) is 5.43 Å². The second-order valence-electron chi connectivity index (χ2n) is 3.84. The van der Waals surface area contributed by atoms with Crippen molar-refractivity contribution < 1.29 is 19.5 Å². The minimum absolute atomic E-state index is 0.252. The number of hydrazine groups is 1. The lowest BCUT2D eigenvalue weighted by molar-refractivity contribution is -0.297. The summed E-state index contributed by atoms with van der Waals surface area (Å²) in [5, 5.41) is 11.2. The molecule has 6 nitrogen and oxygen atoms in total. The number of hydrogen-bond donors (Lipinski definition) is 2. The molecule has 108 valence electrons. The molecule has 0 aliphatic heterocycles.